The minimum Gasteiger partial charge on any atom is -0.387 e. The first-order chi connectivity index (χ1) is 9.70. The number of aliphatic hydroxyl groups excluding tert-OH is 2. The van der Waals surface area contributed by atoms with E-state index in [1.807, 2.05) is 30.3 Å². The molecule has 0 bridgehead atoms. The van der Waals surface area contributed by atoms with Gasteiger partial charge >= 0.3 is 0 Å². The Morgan fingerprint density at radius 2 is 1.90 bits per heavy atom. The number of ether oxygens (including phenoxy) is 4. The smallest absolute Gasteiger partial charge is 0.184 e. The fourth-order valence-corrected chi connectivity index (χ4v) is 2.62. The van der Waals surface area contributed by atoms with Crippen LogP contribution in [-0.4, -0.2) is 54.6 Å². The molecule has 2 fully saturated rings. The molecule has 2 aliphatic heterocycles. The van der Waals surface area contributed by atoms with Gasteiger partial charge in [-0.1, -0.05) is 30.3 Å². The number of hydrogen-bond acceptors (Lipinski definition) is 6. The lowest BCUT2D eigenvalue weighted by Crippen LogP contribution is -2.62. The van der Waals surface area contributed by atoms with Crippen LogP contribution in [0.1, 0.15) is 11.9 Å². The molecule has 2 aliphatic rings. The second kappa shape index (κ2) is 5.77. The topological polar surface area (TPSA) is 77.4 Å². The van der Waals surface area contributed by atoms with Gasteiger partial charge in [0.25, 0.3) is 0 Å². The van der Waals surface area contributed by atoms with Crippen LogP contribution < -0.4 is 0 Å². The first kappa shape index (κ1) is 13.9. The molecular formula is C14H18O6. The van der Waals surface area contributed by atoms with Gasteiger partial charge in [0.15, 0.2) is 12.6 Å². The van der Waals surface area contributed by atoms with Crippen LogP contribution in [0.3, 0.4) is 0 Å². The lowest BCUT2D eigenvalue weighted by atomic mass is 9.98. The number of methoxy groups -OCH3 is 1. The SMILES string of the molecule is CO[C@@H]1[C@@H](O)[C@@H]2OC(c3ccccc3)OC[C@H]2O[C@@H]1O. The second-order valence-electron chi connectivity index (χ2n) is 4.93. The highest BCUT2D eigenvalue weighted by Gasteiger charge is 2.49. The molecule has 0 amide bonds. The van der Waals surface area contributed by atoms with Crippen molar-refractivity contribution >= 4 is 0 Å². The molecule has 20 heavy (non-hydrogen) atoms. The molecule has 0 aromatic heterocycles. The van der Waals surface area contributed by atoms with Crippen LogP contribution in [0.5, 0.6) is 0 Å². The van der Waals surface area contributed by atoms with Crippen LogP contribution in [0.4, 0.5) is 0 Å². The monoisotopic (exact) mass is 282 g/mol. The zero-order chi connectivity index (χ0) is 14.1. The highest BCUT2D eigenvalue weighted by atomic mass is 16.7. The molecular weight excluding hydrogens is 264 g/mol. The highest BCUT2D eigenvalue weighted by Crippen LogP contribution is 2.34. The first-order valence-electron chi connectivity index (χ1n) is 6.57. The number of rotatable bonds is 2. The van der Waals surface area contributed by atoms with E-state index in [1.54, 1.807) is 0 Å². The predicted molar refractivity (Wildman–Crippen MR) is 67.7 cm³/mol. The maximum absolute atomic E-state index is 10.3. The Labute approximate surface area is 116 Å². The maximum atomic E-state index is 10.3. The Morgan fingerprint density at radius 1 is 1.15 bits per heavy atom. The van der Waals surface area contributed by atoms with E-state index < -0.39 is 37.0 Å². The zero-order valence-corrected chi connectivity index (χ0v) is 11.1. The average Bonchev–Trinajstić information content (AvgIpc) is 2.48. The molecule has 0 radical (unpaired) electrons. The van der Waals surface area contributed by atoms with Crippen LogP contribution in [0, 0.1) is 0 Å². The van der Waals surface area contributed by atoms with Gasteiger partial charge in [0.1, 0.15) is 24.4 Å². The van der Waals surface area contributed by atoms with Gasteiger partial charge in [-0.2, -0.15) is 0 Å². The molecule has 1 aromatic carbocycles. The summed E-state index contributed by atoms with van der Waals surface area (Å²) in [4.78, 5) is 0. The Kier molecular flexibility index (Phi) is 4.02. The van der Waals surface area contributed by atoms with Crippen LogP contribution in [-0.2, 0) is 18.9 Å². The van der Waals surface area contributed by atoms with E-state index in [1.165, 1.54) is 7.11 Å². The summed E-state index contributed by atoms with van der Waals surface area (Å²) in [6, 6.07) is 9.48. The fraction of sp³-hybridized carbons (Fsp3) is 0.571. The number of benzene rings is 1. The van der Waals surface area contributed by atoms with Crippen molar-refractivity contribution in [1.82, 2.24) is 0 Å². The standard InChI is InChI=1S/C14H18O6/c1-17-12-10(15)11-9(19-13(12)16)7-18-14(20-11)8-5-3-2-4-6-8/h2-6,9-16H,7H2,1H3/t9-,10+,11-,12-,13+,14?/m1/s1. The molecule has 6 atom stereocenters. The van der Waals surface area contributed by atoms with Crippen molar-refractivity contribution in [3.8, 4) is 0 Å². The molecule has 110 valence electrons. The van der Waals surface area contributed by atoms with Gasteiger partial charge in [-0.3, -0.25) is 0 Å². The summed E-state index contributed by atoms with van der Waals surface area (Å²) in [7, 11) is 1.41. The van der Waals surface area contributed by atoms with Crippen molar-refractivity contribution in [1.29, 1.82) is 0 Å². The summed E-state index contributed by atoms with van der Waals surface area (Å²) in [5.74, 6) is 0. The maximum Gasteiger partial charge on any atom is 0.184 e. The van der Waals surface area contributed by atoms with Gasteiger partial charge in [-0.25, -0.2) is 0 Å². The number of fused-ring (bicyclic) bond motifs is 1. The van der Waals surface area contributed by atoms with Gasteiger partial charge in [0.2, 0.25) is 0 Å². The van der Waals surface area contributed by atoms with Gasteiger partial charge in [0, 0.05) is 12.7 Å². The fourth-order valence-electron chi connectivity index (χ4n) is 2.62. The van der Waals surface area contributed by atoms with Crippen molar-refractivity contribution in [3.05, 3.63) is 35.9 Å². The van der Waals surface area contributed by atoms with Crippen molar-refractivity contribution in [2.45, 2.75) is 37.0 Å². The van der Waals surface area contributed by atoms with Crippen molar-refractivity contribution in [2.75, 3.05) is 13.7 Å². The lowest BCUT2D eigenvalue weighted by Gasteiger charge is -2.46. The van der Waals surface area contributed by atoms with E-state index in [4.69, 9.17) is 18.9 Å². The van der Waals surface area contributed by atoms with Gasteiger partial charge in [0.05, 0.1) is 6.61 Å². The van der Waals surface area contributed by atoms with Crippen LogP contribution in [0.2, 0.25) is 0 Å². The van der Waals surface area contributed by atoms with Crippen LogP contribution in [0.15, 0.2) is 30.3 Å². The van der Waals surface area contributed by atoms with Gasteiger partial charge in [-0.05, 0) is 0 Å². The Bertz CT molecular complexity index is 439. The Hall–Kier alpha value is -1.02. The summed E-state index contributed by atoms with van der Waals surface area (Å²) in [6.07, 6.45) is -4.64. The van der Waals surface area contributed by atoms with E-state index in [0.717, 1.165) is 5.56 Å². The van der Waals surface area contributed by atoms with Crippen LogP contribution in [0.25, 0.3) is 0 Å². The van der Waals surface area contributed by atoms with Crippen LogP contribution >= 0.6 is 0 Å². The largest absolute Gasteiger partial charge is 0.387 e. The molecule has 2 heterocycles. The third-order valence-corrected chi connectivity index (χ3v) is 3.67. The van der Waals surface area contributed by atoms with Gasteiger partial charge in [-0.15, -0.1) is 0 Å². The summed E-state index contributed by atoms with van der Waals surface area (Å²) >= 11 is 0. The molecule has 3 rings (SSSR count). The molecule has 1 unspecified atom stereocenters. The molecule has 0 spiro atoms. The summed E-state index contributed by atoms with van der Waals surface area (Å²) in [5, 5.41) is 20.0. The van der Waals surface area contributed by atoms with Crippen molar-refractivity contribution in [3.63, 3.8) is 0 Å². The van der Waals surface area contributed by atoms with E-state index in [9.17, 15) is 10.2 Å². The minimum absolute atomic E-state index is 0.245. The second-order valence-corrected chi connectivity index (χ2v) is 4.93. The molecule has 6 heteroatoms. The predicted octanol–water partition coefficient (Wildman–Crippen LogP) is 0.194. The minimum atomic E-state index is -1.18. The molecule has 0 aliphatic carbocycles. The molecule has 6 nitrogen and oxygen atoms in total. The number of hydrogen-bond donors (Lipinski definition) is 2. The summed E-state index contributed by atoms with van der Waals surface area (Å²) in [6.45, 7) is 0.245. The molecule has 2 saturated heterocycles. The normalized spacial score (nSPS) is 41.1. The van der Waals surface area contributed by atoms with E-state index in [0.29, 0.717) is 0 Å². The molecule has 2 N–H and O–H groups in total. The van der Waals surface area contributed by atoms with Crippen molar-refractivity contribution < 1.29 is 29.2 Å². The van der Waals surface area contributed by atoms with Gasteiger partial charge < -0.3 is 29.2 Å². The molecule has 0 saturated carbocycles. The van der Waals surface area contributed by atoms with E-state index >= 15 is 0 Å². The highest BCUT2D eigenvalue weighted by molar-refractivity contribution is 5.16. The lowest BCUT2D eigenvalue weighted by molar-refractivity contribution is -0.357. The Balaban J connectivity index is 1.75. The average molecular weight is 282 g/mol. The third-order valence-electron chi connectivity index (χ3n) is 3.67. The Morgan fingerprint density at radius 3 is 2.60 bits per heavy atom. The quantitative estimate of drug-likeness (QED) is 0.806. The summed E-state index contributed by atoms with van der Waals surface area (Å²) < 4.78 is 21.8. The summed E-state index contributed by atoms with van der Waals surface area (Å²) in [5.41, 5.74) is 0.873. The number of aliphatic hydroxyl groups is 2. The van der Waals surface area contributed by atoms with E-state index in [-0.39, 0.29) is 6.61 Å². The first-order valence-corrected chi connectivity index (χ1v) is 6.57. The molecule has 1 aromatic rings. The van der Waals surface area contributed by atoms with E-state index in [2.05, 4.69) is 0 Å². The third kappa shape index (κ3) is 2.46. The zero-order valence-electron chi connectivity index (χ0n) is 11.1. The van der Waals surface area contributed by atoms with Crippen molar-refractivity contribution in [2.24, 2.45) is 0 Å².